The van der Waals surface area contributed by atoms with Gasteiger partial charge in [0.05, 0.1) is 6.61 Å². The fourth-order valence-electron chi connectivity index (χ4n) is 1.75. The Morgan fingerprint density at radius 1 is 1.44 bits per heavy atom. The predicted octanol–water partition coefficient (Wildman–Crippen LogP) is 0.363. The topological polar surface area (TPSA) is 99.4 Å². The Hall–Kier alpha value is -1.57. The van der Waals surface area contributed by atoms with Crippen LogP contribution in [0.15, 0.2) is 29.3 Å². The first-order valence-corrected chi connectivity index (χ1v) is 6.84. The third kappa shape index (κ3) is 2.07. The van der Waals surface area contributed by atoms with E-state index in [1.165, 1.54) is 13.2 Å². The molecule has 0 spiro atoms. The monoisotopic (exact) mass is 269 g/mol. The first-order chi connectivity index (χ1) is 8.46. The van der Waals surface area contributed by atoms with Crippen molar-refractivity contribution >= 4 is 26.6 Å². The number of hydrogen-bond acceptors (Lipinski definition) is 4. The van der Waals surface area contributed by atoms with Gasteiger partial charge >= 0.3 is 0 Å². The Balaban J connectivity index is 2.57. The number of fused-ring (bicyclic) bond motifs is 1. The average molecular weight is 269 g/mol. The zero-order valence-corrected chi connectivity index (χ0v) is 10.7. The van der Waals surface area contributed by atoms with Gasteiger partial charge in [-0.15, -0.1) is 0 Å². The molecule has 0 atom stereocenters. The molecule has 0 radical (unpaired) electrons. The number of nitrogens with zero attached hydrogens (tertiary/aromatic N) is 1. The van der Waals surface area contributed by atoms with Crippen molar-refractivity contribution in [3.05, 3.63) is 24.4 Å². The number of nitrogen functional groups attached to an aromatic ring is 1. The van der Waals surface area contributed by atoms with Gasteiger partial charge in [0.1, 0.15) is 4.90 Å². The number of nitrogens with one attached hydrogen (secondary N) is 1. The minimum atomic E-state index is -3.61. The van der Waals surface area contributed by atoms with E-state index in [9.17, 15) is 8.42 Å². The van der Waals surface area contributed by atoms with Crippen molar-refractivity contribution in [2.45, 2.75) is 4.90 Å². The summed E-state index contributed by atoms with van der Waals surface area (Å²) >= 11 is 0. The second-order valence-corrected chi connectivity index (χ2v) is 6.02. The number of aliphatic hydroxyl groups excluding tert-OH is 1. The lowest BCUT2D eigenvalue weighted by Crippen LogP contribution is -2.29. The summed E-state index contributed by atoms with van der Waals surface area (Å²) in [5, 5.41) is 9.38. The number of sulfonamides is 1. The minimum absolute atomic E-state index is 0.0529. The highest BCUT2D eigenvalue weighted by atomic mass is 32.2. The Bertz CT molecular complexity index is 663. The van der Waals surface area contributed by atoms with E-state index in [0.29, 0.717) is 16.6 Å². The molecule has 0 fully saturated rings. The van der Waals surface area contributed by atoms with E-state index in [-0.39, 0.29) is 18.0 Å². The second-order valence-electron chi connectivity index (χ2n) is 4.01. The van der Waals surface area contributed by atoms with Crippen molar-refractivity contribution in [1.82, 2.24) is 9.29 Å². The predicted molar refractivity (Wildman–Crippen MR) is 69.6 cm³/mol. The van der Waals surface area contributed by atoms with Crippen LogP contribution in [0.1, 0.15) is 0 Å². The molecule has 98 valence electrons. The van der Waals surface area contributed by atoms with Crippen LogP contribution >= 0.6 is 0 Å². The van der Waals surface area contributed by atoms with Crippen LogP contribution in [0.25, 0.3) is 10.9 Å². The van der Waals surface area contributed by atoms with E-state index in [2.05, 4.69) is 4.98 Å². The molecule has 0 saturated carbocycles. The molecule has 2 aromatic rings. The maximum Gasteiger partial charge on any atom is 0.245 e. The Kier molecular flexibility index (Phi) is 3.29. The van der Waals surface area contributed by atoms with Crippen LogP contribution in [-0.4, -0.2) is 43.0 Å². The lowest BCUT2D eigenvalue weighted by Gasteiger charge is -2.15. The number of anilines is 1. The van der Waals surface area contributed by atoms with Gasteiger partial charge in [0, 0.05) is 36.4 Å². The van der Waals surface area contributed by atoms with Crippen LogP contribution in [0, 0.1) is 0 Å². The van der Waals surface area contributed by atoms with Crippen molar-refractivity contribution in [1.29, 1.82) is 0 Å². The summed E-state index contributed by atoms with van der Waals surface area (Å²) in [6.45, 7) is -0.169. The summed E-state index contributed by atoms with van der Waals surface area (Å²) in [6, 6.07) is 5.05. The van der Waals surface area contributed by atoms with E-state index in [1.807, 2.05) is 0 Å². The molecule has 6 nitrogen and oxygen atoms in total. The van der Waals surface area contributed by atoms with Crippen LogP contribution in [-0.2, 0) is 10.0 Å². The number of H-pyrrole nitrogens is 1. The molecule has 0 saturated heterocycles. The summed E-state index contributed by atoms with van der Waals surface area (Å²) in [7, 11) is -2.19. The van der Waals surface area contributed by atoms with Crippen LogP contribution in [0.4, 0.5) is 5.69 Å². The number of benzene rings is 1. The highest BCUT2D eigenvalue weighted by Crippen LogP contribution is 2.26. The summed E-state index contributed by atoms with van der Waals surface area (Å²) < 4.78 is 25.6. The molecule has 4 N–H and O–H groups in total. The normalized spacial score (nSPS) is 12.4. The van der Waals surface area contributed by atoms with Gasteiger partial charge in [0.25, 0.3) is 0 Å². The highest BCUT2D eigenvalue weighted by Gasteiger charge is 2.23. The highest BCUT2D eigenvalue weighted by molar-refractivity contribution is 7.89. The molecule has 0 amide bonds. The van der Waals surface area contributed by atoms with E-state index in [0.717, 1.165) is 4.31 Å². The zero-order chi connectivity index (χ0) is 13.3. The Labute approximate surface area is 105 Å². The van der Waals surface area contributed by atoms with Crippen LogP contribution in [0.5, 0.6) is 0 Å². The number of nitrogens with two attached hydrogens (primary N) is 1. The first kappa shape index (κ1) is 12.9. The summed E-state index contributed by atoms with van der Waals surface area (Å²) in [6.07, 6.45) is 1.44. The first-order valence-electron chi connectivity index (χ1n) is 5.40. The molecule has 0 unspecified atom stereocenters. The van der Waals surface area contributed by atoms with Crippen LogP contribution in [0.2, 0.25) is 0 Å². The maximum absolute atomic E-state index is 12.3. The van der Waals surface area contributed by atoms with Crippen molar-refractivity contribution in [3.8, 4) is 0 Å². The minimum Gasteiger partial charge on any atom is -0.399 e. The van der Waals surface area contributed by atoms with E-state index < -0.39 is 10.0 Å². The molecular formula is C11H15N3O3S. The van der Waals surface area contributed by atoms with Gasteiger partial charge in [0.2, 0.25) is 10.0 Å². The van der Waals surface area contributed by atoms with Crippen molar-refractivity contribution in [2.24, 2.45) is 0 Å². The molecule has 2 rings (SSSR count). The second kappa shape index (κ2) is 4.60. The van der Waals surface area contributed by atoms with Gasteiger partial charge in [-0.3, -0.25) is 0 Å². The smallest absolute Gasteiger partial charge is 0.245 e. The SMILES string of the molecule is CN(CCO)S(=O)(=O)c1c[nH]c2ccc(N)cc12. The molecular weight excluding hydrogens is 254 g/mol. The van der Waals surface area contributed by atoms with E-state index in [4.69, 9.17) is 10.8 Å². The molecule has 1 heterocycles. The summed E-state index contributed by atoms with van der Waals surface area (Å²) in [5.41, 5.74) is 6.88. The molecule has 0 bridgehead atoms. The number of hydrogen-bond donors (Lipinski definition) is 3. The number of aromatic nitrogens is 1. The van der Waals surface area contributed by atoms with Gasteiger partial charge < -0.3 is 15.8 Å². The molecule has 1 aromatic carbocycles. The number of aliphatic hydroxyl groups is 1. The molecule has 0 aliphatic heterocycles. The molecule has 0 aliphatic rings. The molecule has 18 heavy (non-hydrogen) atoms. The van der Waals surface area contributed by atoms with Crippen molar-refractivity contribution < 1.29 is 13.5 Å². The van der Waals surface area contributed by atoms with Crippen molar-refractivity contribution in [3.63, 3.8) is 0 Å². The number of likely N-dealkylation sites (N-methyl/N-ethyl adjacent to an activating group) is 1. The third-order valence-corrected chi connectivity index (χ3v) is 4.67. The standard InChI is InChI=1S/C11H15N3O3S/c1-14(4-5-15)18(16,17)11-7-13-10-3-2-8(12)6-9(10)11/h2-3,6-7,13,15H,4-5,12H2,1H3. The van der Waals surface area contributed by atoms with Crippen molar-refractivity contribution in [2.75, 3.05) is 25.9 Å². The van der Waals surface area contributed by atoms with Gasteiger partial charge in [-0.25, -0.2) is 8.42 Å². The van der Waals surface area contributed by atoms with Crippen LogP contribution < -0.4 is 5.73 Å². The largest absolute Gasteiger partial charge is 0.399 e. The van der Waals surface area contributed by atoms with E-state index >= 15 is 0 Å². The average Bonchev–Trinajstić information content (AvgIpc) is 2.72. The molecule has 1 aromatic heterocycles. The zero-order valence-electron chi connectivity index (χ0n) is 9.92. The number of aromatic amines is 1. The fourth-order valence-corrected chi connectivity index (χ4v) is 3.07. The quantitative estimate of drug-likeness (QED) is 0.698. The summed E-state index contributed by atoms with van der Waals surface area (Å²) in [5.74, 6) is 0. The van der Waals surface area contributed by atoms with Gasteiger partial charge in [-0.2, -0.15) is 4.31 Å². The lowest BCUT2D eigenvalue weighted by atomic mass is 10.2. The lowest BCUT2D eigenvalue weighted by molar-refractivity contribution is 0.266. The Morgan fingerprint density at radius 2 is 2.17 bits per heavy atom. The van der Waals surface area contributed by atoms with Gasteiger partial charge in [-0.1, -0.05) is 0 Å². The molecule has 0 aliphatic carbocycles. The number of rotatable bonds is 4. The summed E-state index contributed by atoms with van der Waals surface area (Å²) in [4.78, 5) is 3.06. The fraction of sp³-hybridized carbons (Fsp3) is 0.273. The molecule has 7 heteroatoms. The van der Waals surface area contributed by atoms with E-state index in [1.54, 1.807) is 18.2 Å². The van der Waals surface area contributed by atoms with Gasteiger partial charge in [0.15, 0.2) is 0 Å². The maximum atomic E-state index is 12.3. The Morgan fingerprint density at radius 3 is 2.83 bits per heavy atom. The van der Waals surface area contributed by atoms with Crippen LogP contribution in [0.3, 0.4) is 0 Å². The third-order valence-electron chi connectivity index (χ3n) is 2.77. The van der Waals surface area contributed by atoms with Gasteiger partial charge in [-0.05, 0) is 18.2 Å².